The summed E-state index contributed by atoms with van der Waals surface area (Å²) in [5.41, 5.74) is 11.4. The Morgan fingerprint density at radius 1 is 1.11 bits per heavy atom. The van der Waals surface area contributed by atoms with Gasteiger partial charge in [0.1, 0.15) is 11.6 Å². The summed E-state index contributed by atoms with van der Waals surface area (Å²) in [6, 6.07) is 8.30. The minimum atomic E-state index is -2.99. The molecule has 8 nitrogen and oxygen atoms in total. The molecule has 0 radical (unpaired) electrons. The quantitative estimate of drug-likeness (QED) is 0.433. The predicted octanol–water partition coefficient (Wildman–Crippen LogP) is 4.46. The zero-order chi connectivity index (χ0) is 25.4. The monoisotopic (exact) mass is 502 g/mol. The molecule has 3 aromatic heterocycles. The van der Waals surface area contributed by atoms with Gasteiger partial charge in [0.25, 0.3) is 5.91 Å². The predicted molar refractivity (Wildman–Crippen MR) is 130 cm³/mol. The first-order valence-corrected chi connectivity index (χ1v) is 12.4. The van der Waals surface area contributed by atoms with Crippen LogP contribution in [-0.2, 0) is 0 Å². The van der Waals surface area contributed by atoms with E-state index in [1.165, 1.54) is 6.07 Å². The highest BCUT2D eigenvalue weighted by molar-refractivity contribution is 5.98. The molecule has 1 saturated carbocycles. The van der Waals surface area contributed by atoms with Crippen LogP contribution >= 0.6 is 0 Å². The van der Waals surface area contributed by atoms with E-state index in [-0.39, 0.29) is 29.7 Å². The van der Waals surface area contributed by atoms with Crippen molar-refractivity contribution < 1.29 is 18.3 Å². The van der Waals surface area contributed by atoms with Crippen molar-refractivity contribution in [2.45, 2.75) is 43.9 Å². The number of hydrogen-bond acceptors (Lipinski definition) is 6. The lowest BCUT2D eigenvalue weighted by molar-refractivity contribution is -0.0505. The maximum atomic E-state index is 13.3. The number of ether oxygens (including phenoxy) is 1. The molecule has 4 aromatic rings. The Bertz CT molecular complexity index is 1550. The standard InChI is InChI=1S/C27H24F2N6O2/c1-34-19-10-17(21-16(26(34)36)3-2-4-20(21)37-27(28)29)22-18-9-14(7-8-35(18)33-24(19)22)15-11-31-25(32-12-15)23(30)13-5-6-13/h2-4,7-9,11-13,17,19,23,27H,5-6,10,30H2,1H3. The Hall–Kier alpha value is -3.92. The summed E-state index contributed by atoms with van der Waals surface area (Å²) in [5, 5.41) is 4.81. The van der Waals surface area contributed by atoms with E-state index in [0.29, 0.717) is 29.3 Å². The van der Waals surface area contributed by atoms with Crippen LogP contribution in [0.4, 0.5) is 8.78 Å². The Morgan fingerprint density at radius 2 is 1.89 bits per heavy atom. The highest BCUT2D eigenvalue weighted by Gasteiger charge is 2.46. The lowest BCUT2D eigenvalue weighted by Gasteiger charge is -2.23. The van der Waals surface area contributed by atoms with Crippen LogP contribution in [0.25, 0.3) is 16.6 Å². The number of alkyl halides is 2. The number of amides is 1. The summed E-state index contributed by atoms with van der Waals surface area (Å²) < 4.78 is 33.3. The molecule has 0 saturated heterocycles. The molecule has 1 amide bonds. The Morgan fingerprint density at radius 3 is 2.62 bits per heavy atom. The first-order chi connectivity index (χ1) is 17.9. The van der Waals surface area contributed by atoms with Crippen molar-refractivity contribution in [1.82, 2.24) is 24.5 Å². The van der Waals surface area contributed by atoms with Crippen LogP contribution in [0.2, 0.25) is 0 Å². The molecular weight excluding hydrogens is 478 g/mol. The lowest BCUT2D eigenvalue weighted by atomic mass is 9.88. The van der Waals surface area contributed by atoms with Gasteiger partial charge in [0, 0.05) is 53.8 Å². The van der Waals surface area contributed by atoms with Gasteiger partial charge in [-0.15, -0.1) is 0 Å². The van der Waals surface area contributed by atoms with Crippen LogP contribution in [-0.4, -0.2) is 44.0 Å². The van der Waals surface area contributed by atoms with E-state index in [0.717, 1.165) is 40.7 Å². The molecule has 1 aliphatic heterocycles. The molecule has 3 aliphatic rings. The number of benzene rings is 1. The molecule has 2 bridgehead atoms. The zero-order valence-electron chi connectivity index (χ0n) is 20.0. The van der Waals surface area contributed by atoms with Crippen molar-refractivity contribution in [1.29, 1.82) is 0 Å². The molecule has 10 heteroatoms. The van der Waals surface area contributed by atoms with Gasteiger partial charge in [0.2, 0.25) is 0 Å². The minimum absolute atomic E-state index is 0.0271. The van der Waals surface area contributed by atoms with Crippen LogP contribution < -0.4 is 10.5 Å². The lowest BCUT2D eigenvalue weighted by Crippen LogP contribution is -2.30. The van der Waals surface area contributed by atoms with E-state index >= 15 is 0 Å². The van der Waals surface area contributed by atoms with Crippen molar-refractivity contribution in [3.63, 3.8) is 0 Å². The molecule has 2 N–H and O–H groups in total. The fraction of sp³-hybridized carbons (Fsp3) is 0.333. The molecular formula is C27H24F2N6O2. The molecule has 3 unspecified atom stereocenters. The highest BCUT2D eigenvalue weighted by Crippen LogP contribution is 2.53. The second-order valence-corrected chi connectivity index (χ2v) is 10.1. The summed E-state index contributed by atoms with van der Waals surface area (Å²) in [6.07, 6.45) is 8.22. The number of nitrogens with zero attached hydrogens (tertiary/aromatic N) is 5. The van der Waals surface area contributed by atoms with Gasteiger partial charge in [0.05, 0.1) is 23.3 Å². The minimum Gasteiger partial charge on any atom is -0.434 e. The van der Waals surface area contributed by atoms with Gasteiger partial charge in [-0.1, -0.05) is 6.07 Å². The molecule has 2 aliphatic carbocycles. The van der Waals surface area contributed by atoms with E-state index in [4.69, 9.17) is 15.6 Å². The number of carbonyl (C=O) groups excluding carboxylic acids is 1. The maximum Gasteiger partial charge on any atom is 0.387 e. The second kappa shape index (κ2) is 8.04. The molecule has 37 heavy (non-hydrogen) atoms. The molecule has 7 rings (SSSR count). The van der Waals surface area contributed by atoms with E-state index in [1.807, 2.05) is 18.3 Å². The third-order valence-electron chi connectivity index (χ3n) is 7.91. The average molecular weight is 503 g/mol. The summed E-state index contributed by atoms with van der Waals surface area (Å²) in [6.45, 7) is -2.99. The van der Waals surface area contributed by atoms with Gasteiger partial charge >= 0.3 is 6.61 Å². The fourth-order valence-electron chi connectivity index (χ4n) is 5.87. The van der Waals surface area contributed by atoms with Crippen LogP contribution in [0.3, 0.4) is 0 Å². The highest BCUT2D eigenvalue weighted by atomic mass is 19.3. The summed E-state index contributed by atoms with van der Waals surface area (Å²) in [5.74, 6) is 0.596. The SMILES string of the molecule is CN1C(=O)c2cccc(OC(F)F)c2C2CC1c1nn3ccc(-c4cnc(C(N)C5CC5)nc4)cc3c12. The van der Waals surface area contributed by atoms with Gasteiger partial charge in [-0.3, -0.25) is 4.79 Å². The zero-order valence-corrected chi connectivity index (χ0v) is 20.0. The van der Waals surface area contributed by atoms with Gasteiger partial charge < -0.3 is 15.4 Å². The van der Waals surface area contributed by atoms with Crippen LogP contribution in [0.15, 0.2) is 48.9 Å². The molecule has 0 spiro atoms. The molecule has 4 heterocycles. The number of fused-ring (bicyclic) bond motifs is 9. The third-order valence-corrected chi connectivity index (χ3v) is 7.91. The van der Waals surface area contributed by atoms with E-state index in [2.05, 4.69) is 9.97 Å². The summed E-state index contributed by atoms with van der Waals surface area (Å²) in [4.78, 5) is 24.0. The number of halogens is 2. The van der Waals surface area contributed by atoms with E-state index in [1.54, 1.807) is 41.0 Å². The Balaban J connectivity index is 1.35. The first kappa shape index (κ1) is 22.3. The van der Waals surface area contributed by atoms with Crippen LogP contribution in [0.5, 0.6) is 5.75 Å². The third kappa shape index (κ3) is 3.42. The van der Waals surface area contributed by atoms with E-state index < -0.39 is 6.61 Å². The summed E-state index contributed by atoms with van der Waals surface area (Å²) >= 11 is 0. The van der Waals surface area contributed by atoms with Crippen molar-refractivity contribution >= 4 is 11.4 Å². The number of hydrogen-bond donors (Lipinski definition) is 1. The Labute approximate surface area is 211 Å². The summed E-state index contributed by atoms with van der Waals surface area (Å²) in [7, 11) is 1.73. The topological polar surface area (TPSA) is 98.6 Å². The van der Waals surface area contributed by atoms with Crippen molar-refractivity contribution in [2.75, 3.05) is 7.05 Å². The van der Waals surface area contributed by atoms with E-state index in [9.17, 15) is 13.6 Å². The normalized spacial score (nSPS) is 21.2. The Kier molecular flexibility index (Phi) is 4.84. The van der Waals surface area contributed by atoms with Crippen molar-refractivity contribution in [3.8, 4) is 16.9 Å². The fourth-order valence-corrected chi connectivity index (χ4v) is 5.87. The molecule has 1 aromatic carbocycles. The molecule has 1 fully saturated rings. The van der Waals surface area contributed by atoms with Crippen molar-refractivity contribution in [3.05, 3.63) is 77.1 Å². The number of carbonyl (C=O) groups is 1. The van der Waals surface area contributed by atoms with Gasteiger partial charge in [-0.05, 0) is 55.0 Å². The smallest absolute Gasteiger partial charge is 0.387 e. The second-order valence-electron chi connectivity index (χ2n) is 10.1. The van der Waals surface area contributed by atoms with Crippen LogP contribution in [0.1, 0.15) is 70.3 Å². The number of aromatic nitrogens is 4. The maximum absolute atomic E-state index is 13.3. The molecule has 188 valence electrons. The van der Waals surface area contributed by atoms with Gasteiger partial charge in [-0.25, -0.2) is 14.5 Å². The van der Waals surface area contributed by atoms with Crippen LogP contribution in [0, 0.1) is 5.92 Å². The number of pyridine rings is 1. The average Bonchev–Trinajstić information content (AvgIpc) is 3.61. The van der Waals surface area contributed by atoms with Gasteiger partial charge in [0.15, 0.2) is 0 Å². The first-order valence-electron chi connectivity index (χ1n) is 12.4. The largest absolute Gasteiger partial charge is 0.434 e. The number of nitrogens with two attached hydrogens (primary N) is 1. The van der Waals surface area contributed by atoms with Gasteiger partial charge in [-0.2, -0.15) is 13.9 Å². The molecule has 3 atom stereocenters. The van der Waals surface area contributed by atoms with Crippen molar-refractivity contribution in [2.24, 2.45) is 11.7 Å². The number of rotatable bonds is 5.